The van der Waals surface area contributed by atoms with E-state index in [9.17, 15) is 4.79 Å². The third-order valence-electron chi connectivity index (χ3n) is 4.53. The molecule has 0 bridgehead atoms. The molecule has 1 heterocycles. The Kier molecular flexibility index (Phi) is 4.59. The molecule has 0 unspecified atom stereocenters. The fourth-order valence-electron chi connectivity index (χ4n) is 3.45. The van der Waals surface area contributed by atoms with Gasteiger partial charge in [0.05, 0.1) is 0 Å². The number of ketones is 1. The normalized spacial score (nSPS) is 17.8. The van der Waals surface area contributed by atoms with E-state index in [1.807, 2.05) is 0 Å². The van der Waals surface area contributed by atoms with E-state index in [4.69, 9.17) is 0 Å². The van der Waals surface area contributed by atoms with Gasteiger partial charge in [0.25, 0.3) is 0 Å². The highest BCUT2D eigenvalue weighted by molar-refractivity contribution is 7.17. The monoisotopic (exact) mass is 301 g/mol. The number of fused-ring (bicyclic) bond motifs is 1. The lowest BCUT2D eigenvalue weighted by molar-refractivity contribution is -0.117. The van der Waals surface area contributed by atoms with Gasteiger partial charge in [0.15, 0.2) is 0 Å². The molecule has 1 aromatic heterocycles. The second kappa shape index (κ2) is 6.61. The number of carbonyl (C=O) groups is 1. The third-order valence-corrected chi connectivity index (χ3v) is 5.43. The van der Waals surface area contributed by atoms with Crippen LogP contribution in [0.25, 0.3) is 10.1 Å². The molecule has 1 atom stereocenters. The summed E-state index contributed by atoms with van der Waals surface area (Å²) in [4.78, 5) is 11.6. The number of thiophene rings is 1. The number of anilines is 1. The minimum atomic E-state index is 0.287. The summed E-state index contributed by atoms with van der Waals surface area (Å²) in [5.41, 5.74) is 1.15. The fraction of sp³-hybridized carbons (Fsp3) is 0.500. The second-order valence-corrected chi connectivity index (χ2v) is 7.18. The van der Waals surface area contributed by atoms with Crippen LogP contribution in [0.2, 0.25) is 0 Å². The molecule has 3 heteroatoms. The molecular formula is C18H23NOS. The number of nitrogens with one attached hydrogen (secondary N) is 1. The van der Waals surface area contributed by atoms with E-state index in [1.165, 1.54) is 42.2 Å². The molecule has 0 amide bonds. The fourth-order valence-corrected chi connectivity index (χ4v) is 4.22. The van der Waals surface area contributed by atoms with Crippen molar-refractivity contribution in [2.75, 3.05) is 5.32 Å². The van der Waals surface area contributed by atoms with Gasteiger partial charge in [0.1, 0.15) is 5.78 Å². The highest BCUT2D eigenvalue weighted by Crippen LogP contribution is 2.31. The Bertz CT molecular complexity index is 612. The summed E-state index contributed by atoms with van der Waals surface area (Å²) >= 11 is 1.77. The Balaban J connectivity index is 1.77. The van der Waals surface area contributed by atoms with Crippen LogP contribution in [0, 0.1) is 5.92 Å². The van der Waals surface area contributed by atoms with Gasteiger partial charge < -0.3 is 5.32 Å². The number of rotatable bonds is 5. The Morgan fingerprint density at radius 3 is 2.86 bits per heavy atom. The van der Waals surface area contributed by atoms with E-state index in [0.717, 1.165) is 5.69 Å². The molecule has 1 aromatic carbocycles. The molecule has 1 aliphatic rings. The third kappa shape index (κ3) is 3.65. The summed E-state index contributed by atoms with van der Waals surface area (Å²) < 4.78 is 1.32. The summed E-state index contributed by atoms with van der Waals surface area (Å²) in [5, 5.41) is 7.06. The van der Waals surface area contributed by atoms with Crippen molar-refractivity contribution in [3.8, 4) is 0 Å². The number of hydrogen-bond acceptors (Lipinski definition) is 3. The second-order valence-electron chi connectivity index (χ2n) is 6.23. The van der Waals surface area contributed by atoms with E-state index < -0.39 is 0 Å². The standard InChI is InChI=1S/C18H23NOS/c1-13(20)11-17(14-5-3-2-4-6-14)19-16-7-8-18-15(12-16)9-10-21-18/h7-10,12,14,17,19H,2-6,11H2,1H3/t17-/m0/s1. The largest absolute Gasteiger partial charge is 0.382 e. The van der Waals surface area contributed by atoms with Crippen LogP contribution >= 0.6 is 11.3 Å². The van der Waals surface area contributed by atoms with Crippen molar-refractivity contribution < 1.29 is 4.79 Å². The van der Waals surface area contributed by atoms with Gasteiger partial charge in [-0.05, 0) is 60.7 Å². The van der Waals surface area contributed by atoms with Crippen LogP contribution in [-0.2, 0) is 4.79 Å². The average Bonchev–Trinajstić information content (AvgIpc) is 2.94. The molecule has 1 saturated carbocycles. The maximum absolute atomic E-state index is 11.6. The maximum atomic E-state index is 11.6. The lowest BCUT2D eigenvalue weighted by Crippen LogP contribution is -2.32. The van der Waals surface area contributed by atoms with E-state index >= 15 is 0 Å². The first-order valence-electron chi connectivity index (χ1n) is 7.95. The van der Waals surface area contributed by atoms with Crippen LogP contribution in [0.5, 0.6) is 0 Å². The molecular weight excluding hydrogens is 278 g/mol. The number of Topliss-reactive ketones (excluding diaryl/α,β-unsaturated/α-hetero) is 1. The lowest BCUT2D eigenvalue weighted by Gasteiger charge is -2.31. The Morgan fingerprint density at radius 2 is 2.10 bits per heavy atom. The molecule has 0 saturated heterocycles. The molecule has 2 nitrogen and oxygen atoms in total. The van der Waals surface area contributed by atoms with Gasteiger partial charge in [-0.2, -0.15) is 0 Å². The Labute approximate surface area is 130 Å². The topological polar surface area (TPSA) is 29.1 Å². The number of benzene rings is 1. The van der Waals surface area contributed by atoms with E-state index in [-0.39, 0.29) is 5.78 Å². The predicted octanol–water partition coefficient (Wildman–Crippen LogP) is 5.24. The SMILES string of the molecule is CC(=O)C[C@H](Nc1ccc2sccc2c1)C1CCCCC1. The summed E-state index contributed by atoms with van der Waals surface area (Å²) in [6.45, 7) is 1.71. The van der Waals surface area contributed by atoms with Crippen molar-refractivity contribution in [3.63, 3.8) is 0 Å². The smallest absolute Gasteiger partial charge is 0.131 e. The summed E-state index contributed by atoms with van der Waals surface area (Å²) in [6, 6.07) is 8.98. The molecule has 2 aromatic rings. The van der Waals surface area contributed by atoms with Gasteiger partial charge in [-0.1, -0.05) is 19.3 Å². The zero-order chi connectivity index (χ0) is 14.7. The van der Waals surface area contributed by atoms with Crippen LogP contribution in [0.3, 0.4) is 0 Å². The summed E-state index contributed by atoms with van der Waals surface area (Å²) in [5.74, 6) is 0.926. The number of hydrogen-bond donors (Lipinski definition) is 1. The van der Waals surface area contributed by atoms with Gasteiger partial charge >= 0.3 is 0 Å². The molecule has 21 heavy (non-hydrogen) atoms. The average molecular weight is 301 g/mol. The summed E-state index contributed by atoms with van der Waals surface area (Å²) in [6.07, 6.45) is 7.13. The molecule has 0 aliphatic heterocycles. The summed E-state index contributed by atoms with van der Waals surface area (Å²) in [7, 11) is 0. The molecule has 0 spiro atoms. The Morgan fingerprint density at radius 1 is 1.29 bits per heavy atom. The van der Waals surface area contributed by atoms with E-state index in [2.05, 4.69) is 35.0 Å². The zero-order valence-corrected chi connectivity index (χ0v) is 13.4. The Hall–Kier alpha value is -1.35. The minimum absolute atomic E-state index is 0.287. The van der Waals surface area contributed by atoms with Crippen LogP contribution in [0.4, 0.5) is 5.69 Å². The molecule has 1 aliphatic carbocycles. The van der Waals surface area contributed by atoms with Crippen LogP contribution in [-0.4, -0.2) is 11.8 Å². The molecule has 0 radical (unpaired) electrons. The first-order chi connectivity index (χ1) is 10.2. The molecule has 1 N–H and O–H groups in total. The van der Waals surface area contributed by atoms with E-state index in [0.29, 0.717) is 18.4 Å². The first kappa shape index (κ1) is 14.6. The van der Waals surface area contributed by atoms with Crippen LogP contribution in [0.15, 0.2) is 29.6 Å². The zero-order valence-electron chi connectivity index (χ0n) is 12.6. The number of carbonyl (C=O) groups excluding carboxylic acids is 1. The van der Waals surface area contributed by atoms with Gasteiger partial charge in [-0.15, -0.1) is 11.3 Å². The molecule has 1 fully saturated rings. The first-order valence-corrected chi connectivity index (χ1v) is 8.83. The van der Waals surface area contributed by atoms with Gasteiger partial charge in [0, 0.05) is 22.8 Å². The quantitative estimate of drug-likeness (QED) is 0.818. The minimum Gasteiger partial charge on any atom is -0.382 e. The van der Waals surface area contributed by atoms with Crippen LogP contribution in [0.1, 0.15) is 45.4 Å². The van der Waals surface area contributed by atoms with Gasteiger partial charge in [-0.25, -0.2) is 0 Å². The van der Waals surface area contributed by atoms with Crippen molar-refractivity contribution in [1.29, 1.82) is 0 Å². The van der Waals surface area contributed by atoms with Crippen LogP contribution < -0.4 is 5.32 Å². The highest BCUT2D eigenvalue weighted by Gasteiger charge is 2.24. The van der Waals surface area contributed by atoms with Gasteiger partial charge in [0.2, 0.25) is 0 Å². The predicted molar refractivity (Wildman–Crippen MR) is 91.1 cm³/mol. The molecule has 112 valence electrons. The van der Waals surface area contributed by atoms with Gasteiger partial charge in [-0.3, -0.25) is 4.79 Å². The van der Waals surface area contributed by atoms with E-state index in [1.54, 1.807) is 18.3 Å². The maximum Gasteiger partial charge on any atom is 0.131 e. The molecule has 3 rings (SSSR count). The lowest BCUT2D eigenvalue weighted by atomic mass is 9.82. The highest BCUT2D eigenvalue weighted by atomic mass is 32.1. The van der Waals surface area contributed by atoms with Crippen molar-refractivity contribution in [1.82, 2.24) is 0 Å². The van der Waals surface area contributed by atoms with Crippen molar-refractivity contribution in [2.45, 2.75) is 51.5 Å². The van der Waals surface area contributed by atoms with Crippen molar-refractivity contribution in [3.05, 3.63) is 29.6 Å². The van der Waals surface area contributed by atoms with Crippen molar-refractivity contribution >= 4 is 32.9 Å². The van der Waals surface area contributed by atoms with Crippen molar-refractivity contribution in [2.24, 2.45) is 5.92 Å².